The molecule has 2 N–H and O–H groups in total. The van der Waals surface area contributed by atoms with Crippen LogP contribution in [-0.4, -0.2) is 74.3 Å². The normalized spacial score (nSPS) is 14.2. The second kappa shape index (κ2) is 47.6. The maximum atomic E-state index is 13.4. The second-order valence-corrected chi connectivity index (χ2v) is 21.6. The van der Waals surface area contributed by atoms with Gasteiger partial charge in [0, 0.05) is 12.8 Å². The zero-order valence-electron chi connectivity index (χ0n) is 44.6. The molecule has 0 saturated carbocycles. The van der Waals surface area contributed by atoms with Gasteiger partial charge in [0.25, 0.3) is 0 Å². The Bertz CT molecular complexity index is 1290. The van der Waals surface area contributed by atoms with Gasteiger partial charge in [0.05, 0.1) is 33.8 Å². The molecular formula is C57H108N2O7P+. The highest BCUT2D eigenvalue weighted by Gasteiger charge is 2.30. The van der Waals surface area contributed by atoms with Crippen molar-refractivity contribution in [2.24, 2.45) is 0 Å². The van der Waals surface area contributed by atoms with E-state index in [1.54, 1.807) is 0 Å². The number of carbonyl (C=O) groups excluding carboxylic acids is 2. The van der Waals surface area contributed by atoms with Gasteiger partial charge in [-0.05, 0) is 89.5 Å². The first kappa shape index (κ1) is 65.0. The molecule has 0 aromatic heterocycles. The predicted octanol–water partition coefficient (Wildman–Crippen LogP) is 16.6. The van der Waals surface area contributed by atoms with E-state index in [0.29, 0.717) is 17.4 Å². The first-order valence-corrected chi connectivity index (χ1v) is 29.5. The molecule has 392 valence electrons. The number of ether oxygens (including phenoxy) is 1. The van der Waals surface area contributed by atoms with Crippen molar-refractivity contribution in [3.8, 4) is 0 Å². The topological polar surface area (TPSA) is 111 Å². The summed E-state index contributed by atoms with van der Waals surface area (Å²) in [6.45, 7) is 6.95. The summed E-state index contributed by atoms with van der Waals surface area (Å²) in [5, 5.41) is 3.03. The molecule has 0 saturated heterocycles. The van der Waals surface area contributed by atoms with Crippen LogP contribution in [0.5, 0.6) is 0 Å². The van der Waals surface area contributed by atoms with E-state index in [9.17, 15) is 19.0 Å². The molecule has 3 unspecified atom stereocenters. The molecule has 3 atom stereocenters. The molecule has 1 amide bonds. The molecule has 0 spiro atoms. The predicted molar refractivity (Wildman–Crippen MR) is 286 cm³/mol. The quantitative estimate of drug-likeness (QED) is 0.0205. The summed E-state index contributed by atoms with van der Waals surface area (Å²) in [7, 11) is 1.48. The van der Waals surface area contributed by atoms with Crippen LogP contribution >= 0.6 is 7.82 Å². The van der Waals surface area contributed by atoms with E-state index >= 15 is 0 Å². The van der Waals surface area contributed by atoms with Crippen molar-refractivity contribution in [1.82, 2.24) is 5.32 Å². The lowest BCUT2D eigenvalue weighted by Gasteiger charge is -2.27. The van der Waals surface area contributed by atoms with Gasteiger partial charge in [0.1, 0.15) is 19.3 Å². The van der Waals surface area contributed by atoms with Gasteiger partial charge in [0.2, 0.25) is 5.91 Å². The first-order chi connectivity index (χ1) is 32.4. The number of hydrogen-bond donors (Lipinski definition) is 2. The van der Waals surface area contributed by atoms with Crippen LogP contribution in [-0.2, 0) is 27.9 Å². The lowest BCUT2D eigenvalue weighted by Crippen LogP contribution is -2.47. The van der Waals surface area contributed by atoms with Gasteiger partial charge in [-0.2, -0.15) is 0 Å². The molecule has 0 bridgehead atoms. The van der Waals surface area contributed by atoms with Crippen LogP contribution in [0.2, 0.25) is 0 Å². The van der Waals surface area contributed by atoms with Crippen molar-refractivity contribution in [3.05, 3.63) is 48.6 Å². The summed E-state index contributed by atoms with van der Waals surface area (Å²) in [5.74, 6) is -0.531. The molecule has 9 nitrogen and oxygen atoms in total. The molecule has 67 heavy (non-hydrogen) atoms. The maximum Gasteiger partial charge on any atom is 0.472 e. The average molecular weight is 964 g/mol. The molecule has 0 aliphatic carbocycles. The summed E-state index contributed by atoms with van der Waals surface area (Å²) < 4.78 is 30.5. The Morgan fingerprint density at radius 1 is 0.522 bits per heavy atom. The lowest BCUT2D eigenvalue weighted by atomic mass is 10.1. The van der Waals surface area contributed by atoms with Crippen molar-refractivity contribution >= 4 is 19.7 Å². The van der Waals surface area contributed by atoms with Crippen LogP contribution in [0.1, 0.15) is 252 Å². The van der Waals surface area contributed by atoms with Gasteiger partial charge in [-0.1, -0.05) is 198 Å². The van der Waals surface area contributed by atoms with Crippen LogP contribution < -0.4 is 5.32 Å². The fraction of sp³-hybridized carbons (Fsp3) is 0.825. The molecule has 0 heterocycles. The Labute approximate surface area is 414 Å². The number of rotatable bonds is 50. The van der Waals surface area contributed by atoms with Gasteiger partial charge < -0.3 is 19.4 Å². The molecule has 0 aliphatic heterocycles. The van der Waals surface area contributed by atoms with Crippen LogP contribution in [0.25, 0.3) is 0 Å². The number of hydrogen-bond acceptors (Lipinski definition) is 6. The fourth-order valence-electron chi connectivity index (χ4n) is 7.85. The number of quaternary nitrogens is 1. The first-order valence-electron chi connectivity index (χ1n) is 28.0. The minimum atomic E-state index is -4.44. The van der Waals surface area contributed by atoms with Crippen LogP contribution in [0.4, 0.5) is 0 Å². The standard InChI is InChI=1S/C57H107N2O7P/c1-7-10-13-16-19-22-25-27-28-29-30-32-35-38-41-44-47-50-57(61)66-55(48-45-42-39-36-33-24-21-18-15-12-9-3)54(53-65-67(62,63)64-52-51-59(4,5)6)58-56(60)49-46-43-40-37-34-31-26-23-20-17-14-11-8-2/h19,22,27-28,31,34,45,48,54-55H,7-18,20-21,23-26,29-30,32-33,35-44,46-47,49-53H2,1-6H3,(H-,58,60,62,63)/p+1/b22-19-,28-27-,34-31-,48-45+. The highest BCUT2D eigenvalue weighted by atomic mass is 31.2. The molecule has 0 rings (SSSR count). The summed E-state index contributed by atoms with van der Waals surface area (Å²) in [6.07, 6.45) is 56.7. The van der Waals surface area contributed by atoms with E-state index in [2.05, 4.69) is 62.5 Å². The van der Waals surface area contributed by atoms with Crippen LogP contribution in [0, 0.1) is 0 Å². The largest absolute Gasteiger partial charge is 0.472 e. The fourth-order valence-corrected chi connectivity index (χ4v) is 8.58. The van der Waals surface area contributed by atoms with E-state index in [1.807, 2.05) is 33.3 Å². The number of amides is 1. The molecule has 0 aromatic rings. The minimum Gasteiger partial charge on any atom is -0.456 e. The number of carbonyl (C=O) groups is 2. The summed E-state index contributed by atoms with van der Waals surface area (Å²) in [6, 6.07) is -0.856. The molecule has 0 fully saturated rings. The van der Waals surface area contributed by atoms with E-state index in [1.165, 1.54) is 128 Å². The molecule has 10 heteroatoms. The Hall–Kier alpha value is -2.03. The Balaban J connectivity index is 5.36. The zero-order chi connectivity index (χ0) is 49.4. The summed E-state index contributed by atoms with van der Waals surface area (Å²) >= 11 is 0. The molecular weight excluding hydrogens is 856 g/mol. The minimum absolute atomic E-state index is 0.0360. The van der Waals surface area contributed by atoms with Crippen molar-refractivity contribution in [2.45, 2.75) is 264 Å². The SMILES string of the molecule is CCCCC/C=C\C/C=C\CCCCCCCCCC(=O)OC(/C=C/CCCCCCCCCCC)C(COP(=O)(O)OCC[N+](C)(C)C)NC(=O)CCCCC/C=C\CCCCCCCC. The third kappa shape index (κ3) is 48.8. The number of phosphoric acid groups is 1. The van der Waals surface area contributed by atoms with Crippen LogP contribution in [0.15, 0.2) is 48.6 Å². The Kier molecular flexibility index (Phi) is 46.2. The number of phosphoric ester groups is 1. The number of likely N-dealkylation sites (N-methyl/N-ethyl adjacent to an activating group) is 1. The third-order valence-corrected chi connectivity index (χ3v) is 13.2. The Morgan fingerprint density at radius 3 is 1.40 bits per heavy atom. The number of allylic oxidation sites excluding steroid dienone is 7. The maximum absolute atomic E-state index is 13.4. The van der Waals surface area contributed by atoms with Gasteiger partial charge >= 0.3 is 13.8 Å². The van der Waals surface area contributed by atoms with Gasteiger partial charge in [-0.25, -0.2) is 4.57 Å². The van der Waals surface area contributed by atoms with Gasteiger partial charge in [0.15, 0.2) is 0 Å². The third-order valence-electron chi connectivity index (χ3n) is 12.2. The number of nitrogens with one attached hydrogen (secondary N) is 1. The zero-order valence-corrected chi connectivity index (χ0v) is 45.5. The number of nitrogens with zero attached hydrogens (tertiary/aromatic N) is 1. The van der Waals surface area contributed by atoms with E-state index in [0.717, 1.165) is 89.9 Å². The van der Waals surface area contributed by atoms with Crippen LogP contribution in [0.3, 0.4) is 0 Å². The smallest absolute Gasteiger partial charge is 0.456 e. The Morgan fingerprint density at radius 2 is 0.910 bits per heavy atom. The second-order valence-electron chi connectivity index (χ2n) is 20.1. The highest BCUT2D eigenvalue weighted by Crippen LogP contribution is 2.43. The highest BCUT2D eigenvalue weighted by molar-refractivity contribution is 7.47. The van der Waals surface area contributed by atoms with E-state index in [4.69, 9.17) is 13.8 Å². The molecule has 0 aliphatic rings. The van der Waals surface area contributed by atoms with Crippen molar-refractivity contribution in [2.75, 3.05) is 40.9 Å². The number of unbranched alkanes of at least 4 members (excludes halogenated alkanes) is 28. The lowest BCUT2D eigenvalue weighted by molar-refractivity contribution is -0.870. The van der Waals surface area contributed by atoms with Gasteiger partial charge in [-0.15, -0.1) is 0 Å². The number of esters is 1. The van der Waals surface area contributed by atoms with E-state index in [-0.39, 0.29) is 31.5 Å². The average Bonchev–Trinajstić information content (AvgIpc) is 3.28. The monoisotopic (exact) mass is 964 g/mol. The van der Waals surface area contributed by atoms with Crippen molar-refractivity contribution in [3.63, 3.8) is 0 Å². The summed E-state index contributed by atoms with van der Waals surface area (Å²) in [5.41, 5.74) is 0. The van der Waals surface area contributed by atoms with E-state index < -0.39 is 20.0 Å². The van der Waals surface area contributed by atoms with Gasteiger partial charge in [-0.3, -0.25) is 18.6 Å². The van der Waals surface area contributed by atoms with Crippen molar-refractivity contribution in [1.29, 1.82) is 0 Å². The molecule has 0 radical (unpaired) electrons. The summed E-state index contributed by atoms with van der Waals surface area (Å²) in [4.78, 5) is 37.5. The van der Waals surface area contributed by atoms with Crippen molar-refractivity contribution < 1.29 is 37.3 Å². The molecule has 0 aromatic carbocycles.